The number of sulfone groups is 1. The predicted molar refractivity (Wildman–Crippen MR) is 75.2 cm³/mol. The molecule has 0 spiro atoms. The van der Waals surface area contributed by atoms with E-state index in [-0.39, 0.29) is 24.5 Å². The zero-order valence-corrected chi connectivity index (χ0v) is 12.4. The molecule has 8 nitrogen and oxygen atoms in total. The van der Waals surface area contributed by atoms with Crippen LogP contribution in [0.3, 0.4) is 0 Å². The molecule has 1 aliphatic heterocycles. The van der Waals surface area contributed by atoms with E-state index in [9.17, 15) is 13.2 Å². The number of hydrogen-bond donors (Lipinski definition) is 1. The van der Waals surface area contributed by atoms with Crippen molar-refractivity contribution in [3.8, 4) is 5.88 Å². The number of ether oxygens (including phenoxy) is 1. The van der Waals surface area contributed by atoms with Crippen molar-refractivity contribution in [2.24, 2.45) is 0 Å². The molecule has 9 heteroatoms. The Labute approximate surface area is 122 Å². The SMILES string of the molecule is CCOc1cncc(N2CCS(=O)(=O)CC2CC(=O)O)n1. The van der Waals surface area contributed by atoms with Gasteiger partial charge in [-0.2, -0.15) is 4.98 Å². The Morgan fingerprint density at radius 1 is 1.52 bits per heavy atom. The molecule has 1 N–H and O–H groups in total. The van der Waals surface area contributed by atoms with Gasteiger partial charge in [0.2, 0.25) is 5.88 Å². The van der Waals surface area contributed by atoms with E-state index in [1.165, 1.54) is 12.4 Å². The summed E-state index contributed by atoms with van der Waals surface area (Å²) in [5.74, 6) is -0.501. The van der Waals surface area contributed by atoms with Crippen LogP contribution in [-0.4, -0.2) is 60.2 Å². The van der Waals surface area contributed by atoms with Crippen LogP contribution in [0.15, 0.2) is 12.4 Å². The van der Waals surface area contributed by atoms with Crippen LogP contribution in [0.1, 0.15) is 13.3 Å². The average molecular weight is 315 g/mol. The first kappa shape index (κ1) is 15.5. The molecule has 1 saturated heterocycles. The summed E-state index contributed by atoms with van der Waals surface area (Å²) in [6, 6.07) is -0.646. The van der Waals surface area contributed by atoms with Gasteiger partial charge in [-0.15, -0.1) is 0 Å². The highest BCUT2D eigenvalue weighted by Crippen LogP contribution is 2.22. The summed E-state index contributed by atoms with van der Waals surface area (Å²) in [5, 5.41) is 8.96. The highest BCUT2D eigenvalue weighted by molar-refractivity contribution is 7.91. The molecule has 1 aromatic heterocycles. The molecule has 1 aromatic rings. The van der Waals surface area contributed by atoms with E-state index in [1.54, 1.807) is 4.90 Å². The molecule has 2 heterocycles. The molecule has 0 aliphatic carbocycles. The van der Waals surface area contributed by atoms with Gasteiger partial charge in [-0.05, 0) is 6.92 Å². The van der Waals surface area contributed by atoms with E-state index in [4.69, 9.17) is 9.84 Å². The van der Waals surface area contributed by atoms with E-state index in [2.05, 4.69) is 9.97 Å². The number of aliphatic carboxylic acids is 1. The zero-order valence-electron chi connectivity index (χ0n) is 11.6. The topological polar surface area (TPSA) is 110 Å². The Bertz CT molecular complexity index is 619. The number of nitrogens with zero attached hydrogens (tertiary/aromatic N) is 3. The lowest BCUT2D eigenvalue weighted by molar-refractivity contribution is -0.137. The smallest absolute Gasteiger partial charge is 0.305 e. The minimum Gasteiger partial charge on any atom is -0.481 e. The molecule has 21 heavy (non-hydrogen) atoms. The zero-order chi connectivity index (χ0) is 15.5. The first-order valence-corrected chi connectivity index (χ1v) is 8.37. The van der Waals surface area contributed by atoms with E-state index in [1.807, 2.05) is 6.92 Å². The Hall–Kier alpha value is -1.90. The molecule has 0 aromatic carbocycles. The van der Waals surface area contributed by atoms with Crippen LogP contribution in [-0.2, 0) is 14.6 Å². The Morgan fingerprint density at radius 3 is 2.95 bits per heavy atom. The Balaban J connectivity index is 2.26. The second-order valence-corrected chi connectivity index (χ2v) is 6.94. The van der Waals surface area contributed by atoms with Crippen molar-refractivity contribution in [1.29, 1.82) is 0 Å². The van der Waals surface area contributed by atoms with Crippen molar-refractivity contribution in [3.63, 3.8) is 0 Å². The maximum absolute atomic E-state index is 11.7. The van der Waals surface area contributed by atoms with Gasteiger partial charge in [-0.25, -0.2) is 8.42 Å². The third-order valence-electron chi connectivity index (χ3n) is 3.13. The molecule has 116 valence electrons. The normalized spacial score (nSPS) is 21.0. The van der Waals surface area contributed by atoms with Crippen molar-refractivity contribution in [1.82, 2.24) is 9.97 Å². The van der Waals surface area contributed by atoms with E-state index >= 15 is 0 Å². The van der Waals surface area contributed by atoms with E-state index in [0.717, 1.165) is 0 Å². The summed E-state index contributed by atoms with van der Waals surface area (Å²) >= 11 is 0. The van der Waals surface area contributed by atoms with Crippen LogP contribution in [0.4, 0.5) is 5.82 Å². The van der Waals surface area contributed by atoms with Crippen molar-refractivity contribution in [2.45, 2.75) is 19.4 Å². The summed E-state index contributed by atoms with van der Waals surface area (Å²) in [7, 11) is -3.22. The van der Waals surface area contributed by atoms with Gasteiger partial charge >= 0.3 is 5.97 Å². The predicted octanol–water partition coefficient (Wildman–Crippen LogP) is -0.0466. The number of anilines is 1. The average Bonchev–Trinajstić information content (AvgIpc) is 2.38. The minimum atomic E-state index is -3.22. The number of carbonyl (C=O) groups is 1. The molecule has 0 saturated carbocycles. The fraction of sp³-hybridized carbons (Fsp3) is 0.583. The van der Waals surface area contributed by atoms with Crippen molar-refractivity contribution in [2.75, 3.05) is 29.6 Å². The fourth-order valence-corrected chi connectivity index (χ4v) is 3.78. The Kier molecular flexibility index (Phi) is 4.61. The largest absolute Gasteiger partial charge is 0.481 e. The molecule has 1 unspecified atom stereocenters. The van der Waals surface area contributed by atoms with Crippen molar-refractivity contribution >= 4 is 21.6 Å². The van der Waals surface area contributed by atoms with Crippen LogP contribution in [0.2, 0.25) is 0 Å². The number of hydrogen-bond acceptors (Lipinski definition) is 7. The number of aromatic nitrogens is 2. The van der Waals surface area contributed by atoms with Gasteiger partial charge in [-0.1, -0.05) is 0 Å². The molecule has 1 aliphatic rings. The van der Waals surface area contributed by atoms with Gasteiger partial charge in [0, 0.05) is 6.54 Å². The third-order valence-corrected chi connectivity index (χ3v) is 4.82. The summed E-state index contributed by atoms with van der Waals surface area (Å²) in [5.41, 5.74) is 0. The number of carboxylic acids is 1. The van der Waals surface area contributed by atoms with Gasteiger partial charge < -0.3 is 14.7 Å². The summed E-state index contributed by atoms with van der Waals surface area (Å²) in [4.78, 5) is 20.9. The summed E-state index contributed by atoms with van der Waals surface area (Å²) < 4.78 is 28.7. The maximum Gasteiger partial charge on any atom is 0.305 e. The molecular formula is C12H17N3O5S. The lowest BCUT2D eigenvalue weighted by Gasteiger charge is -2.35. The maximum atomic E-state index is 11.7. The van der Waals surface area contributed by atoms with Crippen LogP contribution >= 0.6 is 0 Å². The molecule has 0 bridgehead atoms. The van der Waals surface area contributed by atoms with E-state index < -0.39 is 21.8 Å². The summed E-state index contributed by atoms with van der Waals surface area (Å²) in [6.45, 7) is 2.45. The van der Waals surface area contributed by atoms with Gasteiger partial charge in [-0.3, -0.25) is 9.78 Å². The highest BCUT2D eigenvalue weighted by Gasteiger charge is 2.33. The van der Waals surface area contributed by atoms with Crippen LogP contribution in [0, 0.1) is 0 Å². The lowest BCUT2D eigenvalue weighted by Crippen LogP contribution is -2.50. The molecule has 2 rings (SSSR count). The van der Waals surface area contributed by atoms with Crippen LogP contribution < -0.4 is 9.64 Å². The second kappa shape index (κ2) is 6.25. The minimum absolute atomic E-state index is 0.0241. The van der Waals surface area contributed by atoms with Gasteiger partial charge in [0.15, 0.2) is 15.7 Å². The first-order valence-electron chi connectivity index (χ1n) is 6.55. The van der Waals surface area contributed by atoms with E-state index in [0.29, 0.717) is 18.3 Å². The van der Waals surface area contributed by atoms with Crippen LogP contribution in [0.5, 0.6) is 5.88 Å². The standard InChI is InChI=1S/C12H17N3O5S/c1-2-20-11-7-13-6-10(14-11)15-3-4-21(18,19)8-9(15)5-12(16)17/h6-7,9H,2-5,8H2,1H3,(H,16,17). The first-order chi connectivity index (χ1) is 9.91. The molecule has 0 radical (unpaired) electrons. The second-order valence-electron chi connectivity index (χ2n) is 4.71. The van der Waals surface area contributed by atoms with Crippen molar-refractivity contribution in [3.05, 3.63) is 12.4 Å². The third kappa shape index (κ3) is 4.03. The molecular weight excluding hydrogens is 298 g/mol. The monoisotopic (exact) mass is 315 g/mol. The molecule has 1 fully saturated rings. The van der Waals surface area contributed by atoms with Crippen LogP contribution in [0.25, 0.3) is 0 Å². The van der Waals surface area contributed by atoms with Gasteiger partial charge in [0.05, 0.1) is 43.0 Å². The summed E-state index contributed by atoms with van der Waals surface area (Å²) in [6.07, 6.45) is 2.68. The van der Waals surface area contributed by atoms with Crippen molar-refractivity contribution < 1.29 is 23.1 Å². The van der Waals surface area contributed by atoms with Gasteiger partial charge in [0.25, 0.3) is 0 Å². The number of rotatable bonds is 5. The number of carboxylic acid groups (broad SMARTS) is 1. The molecule has 0 amide bonds. The van der Waals surface area contributed by atoms with Gasteiger partial charge in [0.1, 0.15) is 0 Å². The molecule has 1 atom stereocenters. The fourth-order valence-electron chi connectivity index (χ4n) is 2.25. The highest BCUT2D eigenvalue weighted by atomic mass is 32.2. The Morgan fingerprint density at radius 2 is 2.29 bits per heavy atom. The lowest BCUT2D eigenvalue weighted by atomic mass is 10.2. The quantitative estimate of drug-likeness (QED) is 0.805.